The van der Waals surface area contributed by atoms with Crippen molar-refractivity contribution in [2.75, 3.05) is 18.5 Å². The Kier molecular flexibility index (Phi) is 10.7. The number of aliphatic imine (C=N–C) groups is 1. The molecule has 0 saturated heterocycles. The van der Waals surface area contributed by atoms with Crippen LogP contribution < -0.4 is 16.6 Å². The smallest absolute Gasteiger partial charge is 0.261 e. The fourth-order valence-electron chi connectivity index (χ4n) is 4.11. The third-order valence-electron chi connectivity index (χ3n) is 5.59. The monoisotopic (exact) mass is 484 g/mol. The minimum Gasteiger partial charge on any atom is -0.395 e. The summed E-state index contributed by atoms with van der Waals surface area (Å²) in [7, 11) is -1.28. The van der Waals surface area contributed by atoms with Crippen LogP contribution in [0.2, 0.25) is 0 Å². The first-order valence-corrected chi connectivity index (χ1v) is 12.2. The van der Waals surface area contributed by atoms with E-state index in [4.69, 9.17) is 16.1 Å². The number of aliphatic hydroxyl groups is 1. The lowest BCUT2D eigenvalue weighted by Gasteiger charge is -2.24. The molecule has 1 saturated carbocycles. The number of nitrogens with zero attached hydrogens (tertiary/aromatic N) is 3. The maximum absolute atomic E-state index is 12.5. The topological polar surface area (TPSA) is 148 Å². The lowest BCUT2D eigenvalue weighted by atomic mass is 9.95. The molecule has 0 radical (unpaired) electrons. The second-order valence-electron chi connectivity index (χ2n) is 7.70. The van der Waals surface area contributed by atoms with Crippen LogP contribution in [0.15, 0.2) is 58.3 Å². The van der Waals surface area contributed by atoms with Gasteiger partial charge in [-0.15, -0.1) is 13.2 Å². The summed E-state index contributed by atoms with van der Waals surface area (Å²) in [4.78, 5) is 20.4. The molecule has 182 valence electrons. The van der Waals surface area contributed by atoms with Crippen LogP contribution in [0, 0.1) is 11.8 Å². The molecule has 1 aromatic heterocycles. The number of fused-ring (bicyclic) bond motifs is 1. The van der Waals surface area contributed by atoms with Crippen LogP contribution in [-0.2, 0) is 17.5 Å². The number of β-amino-alcohol motifs (C(OH)–C–C–N with tert-alkyl or cyclic N) is 1. The van der Waals surface area contributed by atoms with Gasteiger partial charge in [-0.25, -0.2) is 18.8 Å². The summed E-state index contributed by atoms with van der Waals surface area (Å²) in [5, 5.41) is 19.1. The predicted octanol–water partition coefficient (Wildman–Crippen LogP) is 2.93. The molecular weight excluding hydrogens is 452 g/mol. The molecule has 1 fully saturated rings. The standard InChI is InChI=1S/C21H27N5O3S.C2H4.CHN/c22-20(19-17(8-9-23-21(19)28)24-15-4-2-1-3-5-15)25-16-6-7-18-14(12-16)13-26(10-11-27)30(18)29;2*1-2/h6-9,12,15,27H,1-5,10-11,13H2,(H2,22,25)(H2,23,24,28);1-2H2;1H. The molecule has 10 heteroatoms. The zero-order chi connectivity index (χ0) is 25.1. The van der Waals surface area contributed by atoms with E-state index in [0.29, 0.717) is 36.1 Å². The minimum atomic E-state index is -1.28. The van der Waals surface area contributed by atoms with Gasteiger partial charge in [0.25, 0.3) is 5.56 Å². The third-order valence-corrected chi connectivity index (χ3v) is 7.15. The summed E-state index contributed by atoms with van der Waals surface area (Å²) in [5.41, 5.74) is 8.51. The van der Waals surface area contributed by atoms with Gasteiger partial charge in [-0.1, -0.05) is 19.3 Å². The molecule has 0 amide bonds. The summed E-state index contributed by atoms with van der Waals surface area (Å²) in [6.45, 7) is 10.3. The van der Waals surface area contributed by atoms with E-state index in [0.717, 1.165) is 23.3 Å². The predicted molar refractivity (Wildman–Crippen MR) is 136 cm³/mol. The molecule has 0 spiro atoms. The quantitative estimate of drug-likeness (QED) is 0.281. The highest BCUT2D eigenvalue weighted by Gasteiger charge is 2.26. The van der Waals surface area contributed by atoms with E-state index >= 15 is 0 Å². The summed E-state index contributed by atoms with van der Waals surface area (Å²) in [6, 6.07) is 7.51. The van der Waals surface area contributed by atoms with Gasteiger partial charge >= 0.3 is 0 Å². The molecule has 2 heterocycles. The van der Waals surface area contributed by atoms with Crippen LogP contribution in [-0.4, -0.2) is 43.6 Å². The first kappa shape index (κ1) is 27.0. The van der Waals surface area contributed by atoms with Crippen molar-refractivity contribution in [3.63, 3.8) is 0 Å². The Morgan fingerprint density at radius 3 is 2.68 bits per heavy atom. The van der Waals surface area contributed by atoms with E-state index < -0.39 is 11.0 Å². The van der Waals surface area contributed by atoms with Crippen molar-refractivity contribution in [3.05, 3.63) is 65.1 Å². The minimum absolute atomic E-state index is 0.0504. The molecule has 9 nitrogen and oxygen atoms in total. The maximum Gasteiger partial charge on any atom is 0.261 e. The lowest BCUT2D eigenvalue weighted by Crippen LogP contribution is -2.29. The molecule has 2 aliphatic rings. The number of aromatic nitrogens is 1. The Labute approximate surface area is 202 Å². The molecule has 5 N–H and O–H groups in total. The van der Waals surface area contributed by atoms with Crippen molar-refractivity contribution in [2.24, 2.45) is 10.7 Å². The Bertz CT molecular complexity index is 1090. The van der Waals surface area contributed by atoms with Crippen LogP contribution >= 0.6 is 0 Å². The molecule has 34 heavy (non-hydrogen) atoms. The number of nitriles is 1. The normalized spacial score (nSPS) is 18.1. The number of amidine groups is 1. The number of H-pyrrole nitrogens is 1. The molecule has 1 aliphatic heterocycles. The largest absolute Gasteiger partial charge is 0.395 e. The highest BCUT2D eigenvalue weighted by molar-refractivity contribution is 7.83. The van der Waals surface area contributed by atoms with Gasteiger partial charge in [0.15, 0.2) is 0 Å². The molecule has 0 bridgehead atoms. The van der Waals surface area contributed by atoms with Gasteiger partial charge in [0.1, 0.15) is 22.4 Å². The number of nitrogens with one attached hydrogen (secondary N) is 2. The Balaban J connectivity index is 0.000000970. The number of nitrogens with two attached hydrogens (primary N) is 1. The number of anilines is 1. The van der Waals surface area contributed by atoms with Gasteiger partial charge in [0.05, 0.1) is 22.9 Å². The summed E-state index contributed by atoms with van der Waals surface area (Å²) >= 11 is 0. The first-order chi connectivity index (χ1) is 16.6. The van der Waals surface area contributed by atoms with Gasteiger partial charge in [0, 0.05) is 31.9 Å². The fourth-order valence-corrected chi connectivity index (χ4v) is 5.42. The zero-order valence-corrected chi connectivity index (χ0v) is 20.0. The second kappa shape index (κ2) is 13.4. The van der Waals surface area contributed by atoms with Crippen molar-refractivity contribution in [1.82, 2.24) is 9.29 Å². The molecule has 1 aliphatic carbocycles. The molecule has 2 aromatic rings. The highest BCUT2D eigenvalue weighted by atomic mass is 32.2. The van der Waals surface area contributed by atoms with Gasteiger partial charge in [-0.2, -0.15) is 0 Å². The summed E-state index contributed by atoms with van der Waals surface area (Å²) in [6.07, 6.45) is 7.39. The van der Waals surface area contributed by atoms with Gasteiger partial charge in [-0.3, -0.25) is 4.79 Å². The second-order valence-corrected chi connectivity index (χ2v) is 9.15. The van der Waals surface area contributed by atoms with Crippen LogP contribution in [0.4, 0.5) is 11.4 Å². The van der Waals surface area contributed by atoms with E-state index in [1.54, 1.807) is 22.6 Å². The van der Waals surface area contributed by atoms with Gasteiger partial charge < -0.3 is 21.1 Å². The van der Waals surface area contributed by atoms with Crippen molar-refractivity contribution in [2.45, 2.75) is 49.6 Å². The molecule has 1 aromatic carbocycles. The SMILES string of the molecule is C#N.C=C.NC(=Nc1ccc2c(c1)CN(CCO)S2=O)c1c(NC2CCCCC2)cc[nH]c1=O. The molecular formula is C24H32N6O3S. The number of pyridine rings is 1. The molecule has 1 atom stereocenters. The van der Waals surface area contributed by atoms with E-state index in [1.165, 1.54) is 19.3 Å². The van der Waals surface area contributed by atoms with Crippen LogP contribution in [0.5, 0.6) is 0 Å². The number of rotatable bonds is 6. The van der Waals surface area contributed by atoms with Crippen molar-refractivity contribution >= 4 is 28.2 Å². The number of hydrogen-bond donors (Lipinski definition) is 4. The zero-order valence-electron chi connectivity index (χ0n) is 19.2. The van der Waals surface area contributed by atoms with Crippen LogP contribution in [0.1, 0.15) is 43.2 Å². The Hall–Kier alpha value is -3.26. The Morgan fingerprint density at radius 2 is 2.00 bits per heavy atom. The van der Waals surface area contributed by atoms with Gasteiger partial charge in [0.2, 0.25) is 0 Å². The van der Waals surface area contributed by atoms with Crippen molar-refractivity contribution in [3.8, 4) is 6.57 Å². The number of benzene rings is 1. The Morgan fingerprint density at radius 1 is 1.29 bits per heavy atom. The number of hydrogen-bond acceptors (Lipinski definition) is 6. The lowest BCUT2D eigenvalue weighted by molar-refractivity contribution is 0.258. The average molecular weight is 485 g/mol. The highest BCUT2D eigenvalue weighted by Crippen LogP contribution is 2.30. The van der Waals surface area contributed by atoms with Crippen molar-refractivity contribution in [1.29, 1.82) is 5.26 Å². The molecule has 4 rings (SSSR count). The summed E-state index contributed by atoms with van der Waals surface area (Å²) < 4.78 is 14.1. The first-order valence-electron chi connectivity index (χ1n) is 11.1. The maximum atomic E-state index is 12.5. The summed E-state index contributed by atoms with van der Waals surface area (Å²) in [5.74, 6) is 0.140. The van der Waals surface area contributed by atoms with Gasteiger partial charge in [-0.05, 0) is 42.7 Å². The van der Waals surface area contributed by atoms with E-state index in [1.807, 2.05) is 12.1 Å². The fraction of sp³-hybridized carbons (Fsp3) is 0.375. The van der Waals surface area contributed by atoms with Crippen LogP contribution in [0.25, 0.3) is 0 Å². The van der Waals surface area contributed by atoms with E-state index in [9.17, 15) is 9.00 Å². The number of aromatic amines is 1. The van der Waals surface area contributed by atoms with E-state index in [2.05, 4.69) is 35.0 Å². The third kappa shape index (κ3) is 6.41. The van der Waals surface area contributed by atoms with Crippen LogP contribution in [0.3, 0.4) is 0 Å². The number of aliphatic hydroxyl groups excluding tert-OH is 1. The van der Waals surface area contributed by atoms with E-state index in [-0.39, 0.29) is 18.0 Å². The average Bonchev–Trinajstić information content (AvgIpc) is 3.17. The molecule has 1 unspecified atom stereocenters. The van der Waals surface area contributed by atoms with Crippen molar-refractivity contribution < 1.29 is 9.32 Å².